The molecule has 7 heteroatoms. The zero-order valence-corrected chi connectivity index (χ0v) is 13.5. The molecule has 0 bridgehead atoms. The number of anilines is 3. The smallest absolute Gasteiger partial charge is 0.248 e. The van der Waals surface area contributed by atoms with Crippen LogP contribution in [0.2, 0.25) is 0 Å². The van der Waals surface area contributed by atoms with Crippen molar-refractivity contribution >= 4 is 23.1 Å². The summed E-state index contributed by atoms with van der Waals surface area (Å²) in [5, 5.41) is 15.1. The van der Waals surface area contributed by atoms with Crippen molar-refractivity contribution in [2.45, 2.75) is 50.4 Å². The minimum atomic E-state index is 0.474. The van der Waals surface area contributed by atoms with Gasteiger partial charge in [-0.25, -0.2) is 4.52 Å². The second kappa shape index (κ2) is 5.22. The summed E-state index contributed by atoms with van der Waals surface area (Å²) in [5.41, 5.74) is 9.66. The molecule has 0 unspecified atom stereocenters. The maximum atomic E-state index is 6.25. The molecule has 124 valence electrons. The molecular formula is C17H21N7. The van der Waals surface area contributed by atoms with Gasteiger partial charge >= 0.3 is 0 Å². The third-order valence-electron chi connectivity index (χ3n) is 5.22. The minimum absolute atomic E-state index is 0.474. The fraction of sp³-hybridized carbons (Fsp3) is 0.471. The largest absolute Gasteiger partial charge is 0.382 e. The predicted octanol–water partition coefficient (Wildman–Crippen LogP) is 3.31. The molecule has 0 aliphatic heterocycles. The molecular weight excluding hydrogens is 302 g/mol. The van der Waals surface area contributed by atoms with Gasteiger partial charge in [0.1, 0.15) is 5.52 Å². The van der Waals surface area contributed by atoms with Crippen molar-refractivity contribution in [3.8, 4) is 0 Å². The molecule has 2 saturated carbocycles. The lowest BCUT2D eigenvalue weighted by molar-refractivity contribution is 0.728. The van der Waals surface area contributed by atoms with Crippen molar-refractivity contribution in [1.82, 2.24) is 24.8 Å². The third kappa shape index (κ3) is 2.31. The van der Waals surface area contributed by atoms with Crippen LogP contribution in [0.5, 0.6) is 0 Å². The molecule has 0 atom stereocenters. The average Bonchev–Trinajstić information content (AvgIpc) is 3.00. The van der Waals surface area contributed by atoms with Gasteiger partial charge in [0, 0.05) is 23.9 Å². The van der Waals surface area contributed by atoms with Crippen molar-refractivity contribution in [3.05, 3.63) is 29.6 Å². The summed E-state index contributed by atoms with van der Waals surface area (Å²) in [6.45, 7) is 0. The van der Waals surface area contributed by atoms with Gasteiger partial charge in [-0.15, -0.1) is 5.10 Å². The number of aromatic nitrogens is 5. The highest BCUT2D eigenvalue weighted by Crippen LogP contribution is 2.40. The van der Waals surface area contributed by atoms with E-state index >= 15 is 0 Å². The fourth-order valence-electron chi connectivity index (χ4n) is 3.81. The Kier molecular flexibility index (Phi) is 3.01. The van der Waals surface area contributed by atoms with E-state index in [1.165, 1.54) is 49.8 Å². The summed E-state index contributed by atoms with van der Waals surface area (Å²) >= 11 is 0. The number of aromatic amines is 1. The zero-order chi connectivity index (χ0) is 16.1. The number of nitrogen functional groups attached to an aromatic ring is 1. The van der Waals surface area contributed by atoms with E-state index in [2.05, 4.69) is 31.7 Å². The van der Waals surface area contributed by atoms with Crippen LogP contribution in [0, 0.1) is 0 Å². The van der Waals surface area contributed by atoms with Crippen molar-refractivity contribution < 1.29 is 0 Å². The van der Waals surface area contributed by atoms with E-state index in [4.69, 9.17) is 5.73 Å². The lowest BCUT2D eigenvalue weighted by atomic mass is 9.99. The van der Waals surface area contributed by atoms with Crippen LogP contribution < -0.4 is 11.1 Å². The van der Waals surface area contributed by atoms with Gasteiger partial charge in [-0.3, -0.25) is 5.10 Å². The highest BCUT2D eigenvalue weighted by atomic mass is 15.3. The highest BCUT2D eigenvalue weighted by Gasteiger charge is 2.26. The first-order valence-corrected chi connectivity index (χ1v) is 8.75. The summed E-state index contributed by atoms with van der Waals surface area (Å²) in [7, 11) is 0. The van der Waals surface area contributed by atoms with Crippen LogP contribution in [0.3, 0.4) is 0 Å². The summed E-state index contributed by atoms with van der Waals surface area (Å²) < 4.78 is 1.84. The summed E-state index contributed by atoms with van der Waals surface area (Å²) in [4.78, 5) is 4.45. The van der Waals surface area contributed by atoms with E-state index in [-0.39, 0.29) is 0 Å². The Balaban J connectivity index is 1.46. The summed E-state index contributed by atoms with van der Waals surface area (Å²) in [5.74, 6) is 2.96. The number of nitrogens with two attached hydrogens (primary N) is 1. The van der Waals surface area contributed by atoms with E-state index in [0.29, 0.717) is 23.6 Å². The molecule has 5 rings (SSSR count). The number of hydrogen-bond donors (Lipinski definition) is 3. The Morgan fingerprint density at radius 3 is 2.79 bits per heavy atom. The Labute approximate surface area is 139 Å². The molecule has 2 fully saturated rings. The van der Waals surface area contributed by atoms with Gasteiger partial charge in [-0.2, -0.15) is 10.1 Å². The van der Waals surface area contributed by atoms with Crippen molar-refractivity contribution in [3.63, 3.8) is 0 Å². The van der Waals surface area contributed by atoms with Gasteiger partial charge in [0.2, 0.25) is 5.95 Å². The number of nitrogens with one attached hydrogen (secondary N) is 2. The molecule has 0 aromatic carbocycles. The van der Waals surface area contributed by atoms with Crippen molar-refractivity contribution in [2.75, 3.05) is 11.1 Å². The van der Waals surface area contributed by atoms with E-state index < -0.39 is 0 Å². The fourth-order valence-corrected chi connectivity index (χ4v) is 3.81. The number of hydrogen-bond acceptors (Lipinski definition) is 5. The number of fused-ring (bicyclic) bond motifs is 1. The number of rotatable bonds is 4. The lowest BCUT2D eigenvalue weighted by Crippen LogP contribution is -2.07. The Morgan fingerprint density at radius 2 is 2.00 bits per heavy atom. The monoisotopic (exact) mass is 323 g/mol. The standard InChI is InChI=1S/C17H21N7/c18-16-15-12(10-3-1-2-4-10)7-8-24(15)23-17(20-16)19-14-9-13(21-22-14)11-5-6-11/h7-11H,1-6H2,(H4,18,19,20,21,22,23). The maximum absolute atomic E-state index is 6.25. The van der Waals surface area contributed by atoms with Crippen LogP contribution in [0.1, 0.15) is 61.6 Å². The molecule has 7 nitrogen and oxygen atoms in total. The maximum Gasteiger partial charge on any atom is 0.248 e. The second-order valence-electron chi connectivity index (χ2n) is 6.97. The first-order valence-electron chi connectivity index (χ1n) is 8.75. The molecule has 0 spiro atoms. The van der Waals surface area contributed by atoms with Gasteiger partial charge < -0.3 is 11.1 Å². The zero-order valence-electron chi connectivity index (χ0n) is 13.5. The summed E-state index contributed by atoms with van der Waals surface area (Å²) in [6.07, 6.45) is 9.52. The molecule has 3 heterocycles. The van der Waals surface area contributed by atoms with Gasteiger partial charge in [0.25, 0.3) is 0 Å². The molecule has 24 heavy (non-hydrogen) atoms. The van der Waals surface area contributed by atoms with Crippen LogP contribution in [0.4, 0.5) is 17.6 Å². The van der Waals surface area contributed by atoms with Gasteiger partial charge in [-0.05, 0) is 43.2 Å². The van der Waals surface area contributed by atoms with E-state index in [9.17, 15) is 0 Å². The third-order valence-corrected chi connectivity index (χ3v) is 5.22. The quantitative estimate of drug-likeness (QED) is 0.684. The molecule has 4 N–H and O–H groups in total. The molecule has 0 amide bonds. The van der Waals surface area contributed by atoms with Crippen LogP contribution in [0.15, 0.2) is 18.3 Å². The van der Waals surface area contributed by atoms with Gasteiger partial charge in [-0.1, -0.05) is 12.8 Å². The number of H-pyrrole nitrogens is 1. The Bertz CT molecular complexity index is 884. The Hall–Kier alpha value is -2.57. The molecule has 3 aromatic rings. The molecule has 3 aromatic heterocycles. The lowest BCUT2D eigenvalue weighted by Gasteiger charge is -2.10. The molecule has 0 saturated heterocycles. The highest BCUT2D eigenvalue weighted by molar-refractivity contribution is 5.72. The molecule has 2 aliphatic rings. The van der Waals surface area contributed by atoms with E-state index in [1.54, 1.807) is 0 Å². The van der Waals surface area contributed by atoms with Gasteiger partial charge in [0.05, 0.1) is 0 Å². The minimum Gasteiger partial charge on any atom is -0.382 e. The first kappa shape index (κ1) is 13.8. The normalized spacial score (nSPS) is 18.5. The number of nitrogens with zero attached hydrogens (tertiary/aromatic N) is 4. The second-order valence-corrected chi connectivity index (χ2v) is 6.97. The van der Waals surface area contributed by atoms with Crippen LogP contribution in [0.25, 0.3) is 5.52 Å². The average molecular weight is 323 g/mol. The van der Waals surface area contributed by atoms with Crippen LogP contribution >= 0.6 is 0 Å². The predicted molar refractivity (Wildman–Crippen MR) is 92.5 cm³/mol. The molecule has 0 radical (unpaired) electrons. The SMILES string of the molecule is Nc1nc(Nc2cc(C3CC3)[nH]n2)nn2ccc(C3CCCC3)c12. The van der Waals surface area contributed by atoms with E-state index in [1.807, 2.05) is 16.8 Å². The van der Waals surface area contributed by atoms with Crippen molar-refractivity contribution in [2.24, 2.45) is 0 Å². The topological polar surface area (TPSA) is 96.9 Å². The van der Waals surface area contributed by atoms with Crippen LogP contribution in [-0.4, -0.2) is 24.8 Å². The Morgan fingerprint density at radius 1 is 1.17 bits per heavy atom. The van der Waals surface area contributed by atoms with Crippen LogP contribution in [-0.2, 0) is 0 Å². The van der Waals surface area contributed by atoms with Gasteiger partial charge in [0.15, 0.2) is 11.6 Å². The van der Waals surface area contributed by atoms with E-state index in [0.717, 1.165) is 11.3 Å². The first-order chi connectivity index (χ1) is 11.8. The van der Waals surface area contributed by atoms with Crippen molar-refractivity contribution in [1.29, 1.82) is 0 Å². The molecule has 2 aliphatic carbocycles. The summed E-state index contributed by atoms with van der Waals surface area (Å²) in [6, 6.07) is 4.17.